The van der Waals surface area contributed by atoms with Gasteiger partial charge in [-0.25, -0.2) is 0 Å². The van der Waals surface area contributed by atoms with Crippen molar-refractivity contribution in [2.75, 3.05) is 0 Å². The molecule has 0 bridgehead atoms. The molecule has 0 aliphatic rings. The van der Waals surface area contributed by atoms with Gasteiger partial charge in [0.2, 0.25) is 0 Å². The van der Waals surface area contributed by atoms with E-state index in [2.05, 4.69) is 15.9 Å². The van der Waals surface area contributed by atoms with Crippen molar-refractivity contribution in [1.29, 1.82) is 0 Å². The first-order valence-corrected chi connectivity index (χ1v) is 7.39. The molecule has 0 saturated heterocycles. The van der Waals surface area contributed by atoms with Crippen molar-refractivity contribution in [2.24, 2.45) is 0 Å². The Balaban J connectivity index is 2.18. The zero-order valence-electron chi connectivity index (χ0n) is 10.6. The van der Waals surface area contributed by atoms with Gasteiger partial charge in [-0.2, -0.15) is 0 Å². The fourth-order valence-electron chi connectivity index (χ4n) is 1.69. The molecule has 0 aliphatic heterocycles. The Labute approximate surface area is 135 Å². The second kappa shape index (κ2) is 6.61. The number of ketones is 1. The van der Waals surface area contributed by atoms with Crippen LogP contribution in [0.1, 0.15) is 22.8 Å². The van der Waals surface area contributed by atoms with E-state index in [-0.39, 0.29) is 5.78 Å². The number of halogens is 3. The molecule has 2 rings (SSSR count). The number of Topliss-reactive ketones (excluding diaryl/α,β-unsaturated/α-hetero) is 1. The first-order chi connectivity index (χ1) is 9.47. The highest BCUT2D eigenvalue weighted by atomic mass is 79.9. The van der Waals surface area contributed by atoms with Gasteiger partial charge in [-0.3, -0.25) is 4.79 Å². The summed E-state index contributed by atoms with van der Waals surface area (Å²) in [5.74, 6) is 0.502. The molecule has 2 aromatic rings. The number of carbonyl (C=O) groups is 1. The summed E-state index contributed by atoms with van der Waals surface area (Å²) >= 11 is 15.1. The van der Waals surface area contributed by atoms with Crippen molar-refractivity contribution in [2.45, 2.75) is 13.5 Å². The maximum absolute atomic E-state index is 11.6. The van der Waals surface area contributed by atoms with E-state index in [1.54, 1.807) is 24.3 Å². The molecule has 5 heteroatoms. The summed E-state index contributed by atoms with van der Waals surface area (Å²) in [6.07, 6.45) is 0. The van der Waals surface area contributed by atoms with Gasteiger partial charge in [0.25, 0.3) is 0 Å². The van der Waals surface area contributed by atoms with Gasteiger partial charge in [-0.05, 0) is 42.8 Å². The molecule has 0 amide bonds. The average molecular weight is 374 g/mol. The Hall–Kier alpha value is -1.03. The van der Waals surface area contributed by atoms with Crippen molar-refractivity contribution in [3.05, 3.63) is 62.0 Å². The van der Waals surface area contributed by atoms with Crippen LogP contribution in [0.4, 0.5) is 0 Å². The van der Waals surface area contributed by atoms with Crippen LogP contribution in [0.5, 0.6) is 5.75 Å². The third-order valence-corrected chi connectivity index (χ3v) is 3.93. The zero-order chi connectivity index (χ0) is 14.7. The summed E-state index contributed by atoms with van der Waals surface area (Å²) in [6.45, 7) is 1.83. The van der Waals surface area contributed by atoms with Crippen LogP contribution in [0.15, 0.2) is 40.9 Å². The lowest BCUT2D eigenvalue weighted by molar-refractivity contribution is 0.101. The molecular weight excluding hydrogens is 363 g/mol. The standard InChI is InChI=1S/C15H11BrCl2O2/c1-9(19)12-7-11(16)3-5-15(12)20-8-10-2-4-13(17)14(18)6-10/h2-7H,8H2,1H3. The normalized spacial score (nSPS) is 10.4. The number of hydrogen-bond donors (Lipinski definition) is 0. The molecule has 0 atom stereocenters. The highest BCUT2D eigenvalue weighted by Crippen LogP contribution is 2.26. The van der Waals surface area contributed by atoms with Crippen molar-refractivity contribution in [3.8, 4) is 5.75 Å². The van der Waals surface area contributed by atoms with Gasteiger partial charge in [0, 0.05) is 4.47 Å². The Kier molecular flexibility index (Phi) is 5.08. The topological polar surface area (TPSA) is 26.3 Å². The van der Waals surface area contributed by atoms with Gasteiger partial charge in [0.15, 0.2) is 5.78 Å². The molecule has 20 heavy (non-hydrogen) atoms. The van der Waals surface area contributed by atoms with Crippen LogP contribution in [0.3, 0.4) is 0 Å². The summed E-state index contributed by atoms with van der Waals surface area (Å²) in [4.78, 5) is 11.6. The summed E-state index contributed by atoms with van der Waals surface area (Å²) in [5.41, 5.74) is 1.43. The maximum atomic E-state index is 11.6. The SMILES string of the molecule is CC(=O)c1cc(Br)ccc1OCc1ccc(Cl)c(Cl)c1. The first-order valence-electron chi connectivity index (χ1n) is 5.84. The smallest absolute Gasteiger partial charge is 0.163 e. The molecule has 0 aliphatic carbocycles. The van der Waals surface area contributed by atoms with Crippen LogP contribution >= 0.6 is 39.1 Å². The molecule has 104 valence electrons. The largest absolute Gasteiger partial charge is 0.488 e. The van der Waals surface area contributed by atoms with Crippen molar-refractivity contribution < 1.29 is 9.53 Å². The van der Waals surface area contributed by atoms with Crippen molar-refractivity contribution >= 4 is 44.9 Å². The van der Waals surface area contributed by atoms with E-state index in [1.807, 2.05) is 12.1 Å². The summed E-state index contributed by atoms with van der Waals surface area (Å²) in [5, 5.41) is 0.985. The zero-order valence-corrected chi connectivity index (χ0v) is 13.7. The number of benzene rings is 2. The van der Waals surface area contributed by atoms with Crippen LogP contribution in [0.25, 0.3) is 0 Å². The third-order valence-electron chi connectivity index (χ3n) is 2.70. The summed E-state index contributed by atoms with van der Waals surface area (Å²) < 4.78 is 6.53. The summed E-state index contributed by atoms with van der Waals surface area (Å²) in [7, 11) is 0. The van der Waals surface area contributed by atoms with Crippen LogP contribution in [0, 0.1) is 0 Å². The van der Waals surface area contributed by atoms with Crippen LogP contribution in [-0.4, -0.2) is 5.78 Å². The summed E-state index contributed by atoms with van der Waals surface area (Å²) in [6, 6.07) is 10.6. The number of rotatable bonds is 4. The van der Waals surface area contributed by atoms with E-state index in [4.69, 9.17) is 27.9 Å². The van der Waals surface area contributed by atoms with Crippen LogP contribution in [-0.2, 0) is 6.61 Å². The van der Waals surface area contributed by atoms with Crippen molar-refractivity contribution in [3.63, 3.8) is 0 Å². The molecule has 0 aromatic heterocycles. The molecule has 0 unspecified atom stereocenters. The van der Waals surface area contributed by atoms with Gasteiger partial charge >= 0.3 is 0 Å². The van der Waals surface area contributed by atoms with E-state index in [0.29, 0.717) is 28.0 Å². The lowest BCUT2D eigenvalue weighted by Crippen LogP contribution is -2.01. The van der Waals surface area contributed by atoms with E-state index < -0.39 is 0 Å². The molecule has 0 heterocycles. The second-order valence-electron chi connectivity index (χ2n) is 4.23. The maximum Gasteiger partial charge on any atom is 0.163 e. The number of carbonyl (C=O) groups excluding carboxylic acids is 1. The van der Waals surface area contributed by atoms with Gasteiger partial charge in [-0.1, -0.05) is 45.2 Å². The predicted molar refractivity (Wildman–Crippen MR) is 84.9 cm³/mol. The monoisotopic (exact) mass is 372 g/mol. The molecule has 0 radical (unpaired) electrons. The van der Waals surface area contributed by atoms with Crippen molar-refractivity contribution in [1.82, 2.24) is 0 Å². The van der Waals surface area contributed by atoms with Gasteiger partial charge in [0.05, 0.1) is 15.6 Å². The quantitative estimate of drug-likeness (QED) is 0.658. The number of ether oxygens (including phenoxy) is 1. The molecule has 0 fully saturated rings. The minimum atomic E-state index is -0.0459. The Morgan fingerprint density at radius 3 is 2.55 bits per heavy atom. The Bertz CT molecular complexity index is 656. The second-order valence-corrected chi connectivity index (χ2v) is 5.96. The molecule has 0 N–H and O–H groups in total. The van der Waals surface area contributed by atoms with Crippen LogP contribution in [0.2, 0.25) is 10.0 Å². The molecule has 0 spiro atoms. The van der Waals surface area contributed by atoms with Gasteiger partial charge in [0.1, 0.15) is 12.4 Å². The average Bonchev–Trinajstić information content (AvgIpc) is 2.41. The van der Waals surface area contributed by atoms with E-state index in [1.165, 1.54) is 6.92 Å². The van der Waals surface area contributed by atoms with Gasteiger partial charge < -0.3 is 4.74 Å². The fourth-order valence-corrected chi connectivity index (χ4v) is 2.38. The minimum absolute atomic E-state index is 0.0459. The first kappa shape index (κ1) is 15.4. The Morgan fingerprint density at radius 2 is 1.90 bits per heavy atom. The predicted octanol–water partition coefficient (Wildman–Crippen LogP) is 5.54. The Morgan fingerprint density at radius 1 is 1.15 bits per heavy atom. The molecule has 2 nitrogen and oxygen atoms in total. The molecule has 2 aromatic carbocycles. The minimum Gasteiger partial charge on any atom is -0.488 e. The highest BCUT2D eigenvalue weighted by molar-refractivity contribution is 9.10. The van der Waals surface area contributed by atoms with E-state index >= 15 is 0 Å². The highest BCUT2D eigenvalue weighted by Gasteiger charge is 2.09. The number of hydrogen-bond acceptors (Lipinski definition) is 2. The van der Waals surface area contributed by atoms with E-state index in [0.717, 1.165) is 10.0 Å². The third kappa shape index (κ3) is 3.75. The van der Waals surface area contributed by atoms with E-state index in [9.17, 15) is 4.79 Å². The van der Waals surface area contributed by atoms with Crippen LogP contribution < -0.4 is 4.74 Å². The lowest BCUT2D eigenvalue weighted by Gasteiger charge is -2.10. The fraction of sp³-hybridized carbons (Fsp3) is 0.133. The lowest BCUT2D eigenvalue weighted by atomic mass is 10.1. The molecular formula is C15H11BrCl2O2. The molecule has 0 saturated carbocycles. The van der Waals surface area contributed by atoms with Gasteiger partial charge in [-0.15, -0.1) is 0 Å².